The number of nitrogens with one attached hydrogen (secondary N) is 2. The number of pyridine rings is 1. The molecular weight excluding hydrogens is 736 g/mol. The third-order valence-electron chi connectivity index (χ3n) is 13.7. The number of aryl methyl sites for hydroxylation is 1. The van der Waals surface area contributed by atoms with Gasteiger partial charge in [-0.05, 0) is 121 Å². The molecule has 58 heavy (non-hydrogen) atoms. The standard InChI is InChI=1S/C45H55FN8O4/c1-27(2)53-26-47-38-24-36(48-41(40(38)53)49-37-23-33(28(3)19-35(37)46)42(56)50-44(11-12-44)25-58-5)30-9-10-34-39(20-30)54(32-21-31(22-32)52-15-7-6-8-16-52)43(57)45(34)13-17-51(18-14-45)29(4)55/h9-10,19-20,23-24,26-27,31-32H,6-8,11-18,21-22,25H2,1-5H3,(H,48,49)(H,50,56)/t31-,32+. The Balaban J connectivity index is 1.09. The number of hydrogen-bond acceptors (Lipinski definition) is 8. The molecule has 2 aromatic heterocycles. The number of fused-ring (bicyclic) bond motifs is 3. The van der Waals surface area contributed by atoms with E-state index >= 15 is 4.39 Å². The molecule has 4 fully saturated rings. The number of benzene rings is 2. The largest absolute Gasteiger partial charge is 0.382 e. The SMILES string of the molecule is COCC1(NC(=O)c2cc(Nc3nc(-c4ccc5c(c4)N([C@H]4C[C@@H](N6CCCCC6)C4)C(=O)C54CCN(C(C)=O)CC4)cc4ncn(C(C)C)c34)c(F)cc2C)CC1. The smallest absolute Gasteiger partial charge is 0.252 e. The molecule has 2 saturated heterocycles. The maximum absolute atomic E-state index is 15.9. The number of hydrogen-bond donors (Lipinski definition) is 2. The lowest BCUT2D eigenvalue weighted by atomic mass is 9.73. The van der Waals surface area contributed by atoms with E-state index < -0.39 is 11.2 Å². The number of nitrogens with zero attached hydrogens (tertiary/aromatic N) is 6. The van der Waals surface area contributed by atoms with Crippen molar-refractivity contribution in [3.8, 4) is 11.3 Å². The second-order valence-electron chi connectivity index (χ2n) is 17.8. The van der Waals surface area contributed by atoms with Gasteiger partial charge in [-0.2, -0.15) is 0 Å². The van der Waals surface area contributed by atoms with Gasteiger partial charge >= 0.3 is 0 Å². The normalized spacial score (nSPS) is 22.4. The average molecular weight is 791 g/mol. The molecule has 5 aliphatic rings. The molecule has 12 nitrogen and oxygen atoms in total. The van der Waals surface area contributed by atoms with Gasteiger partial charge < -0.3 is 34.6 Å². The number of carbonyl (C=O) groups excluding carboxylic acids is 3. The van der Waals surface area contributed by atoms with Crippen molar-refractivity contribution < 1.29 is 23.5 Å². The van der Waals surface area contributed by atoms with E-state index in [-0.39, 0.29) is 41.0 Å². The van der Waals surface area contributed by atoms with Crippen LogP contribution in [0.4, 0.5) is 21.6 Å². The minimum atomic E-state index is -0.675. The Morgan fingerprint density at radius 1 is 0.983 bits per heavy atom. The van der Waals surface area contributed by atoms with Gasteiger partial charge in [0.25, 0.3) is 5.91 Å². The first-order valence-electron chi connectivity index (χ1n) is 21.1. The molecule has 5 heterocycles. The van der Waals surface area contributed by atoms with Crippen LogP contribution in [-0.4, -0.2) is 99.6 Å². The van der Waals surface area contributed by atoms with Crippen LogP contribution in [0.5, 0.6) is 0 Å². The van der Waals surface area contributed by atoms with Gasteiger partial charge in [0.1, 0.15) is 11.3 Å². The number of anilines is 3. The van der Waals surface area contributed by atoms with E-state index in [1.165, 1.54) is 25.3 Å². The van der Waals surface area contributed by atoms with Crippen molar-refractivity contribution in [2.75, 3.05) is 50.1 Å². The number of aromatic nitrogens is 3. The highest BCUT2D eigenvalue weighted by atomic mass is 19.1. The van der Waals surface area contributed by atoms with Crippen molar-refractivity contribution in [3.05, 3.63) is 65.2 Å². The number of rotatable bonds is 10. The summed E-state index contributed by atoms with van der Waals surface area (Å²) in [5.74, 6) is -0.170. The third-order valence-corrected chi connectivity index (χ3v) is 13.7. The van der Waals surface area contributed by atoms with Crippen LogP contribution in [0.1, 0.15) is 106 Å². The van der Waals surface area contributed by atoms with Gasteiger partial charge in [0, 0.05) is 62.1 Å². The number of likely N-dealkylation sites (tertiary alicyclic amines) is 2. The summed E-state index contributed by atoms with van der Waals surface area (Å²) in [4.78, 5) is 57.2. The molecule has 2 N–H and O–H groups in total. The van der Waals surface area contributed by atoms with E-state index in [0.29, 0.717) is 72.3 Å². The van der Waals surface area contributed by atoms with Crippen LogP contribution < -0.4 is 15.5 Å². The molecule has 3 aliphatic heterocycles. The Bertz CT molecular complexity index is 2280. The maximum atomic E-state index is 15.9. The minimum absolute atomic E-state index is 0.0410. The van der Waals surface area contributed by atoms with Crippen molar-refractivity contribution in [1.29, 1.82) is 0 Å². The fourth-order valence-electron chi connectivity index (χ4n) is 10.0. The summed E-state index contributed by atoms with van der Waals surface area (Å²) in [5, 5.41) is 6.40. The maximum Gasteiger partial charge on any atom is 0.252 e. The van der Waals surface area contributed by atoms with Crippen molar-refractivity contribution in [1.82, 2.24) is 29.7 Å². The zero-order valence-electron chi connectivity index (χ0n) is 34.4. The molecule has 4 aromatic rings. The van der Waals surface area contributed by atoms with Crippen LogP contribution in [0.25, 0.3) is 22.3 Å². The minimum Gasteiger partial charge on any atom is -0.382 e. The van der Waals surface area contributed by atoms with E-state index in [9.17, 15) is 14.4 Å². The Hall–Kier alpha value is -4.88. The summed E-state index contributed by atoms with van der Waals surface area (Å²) in [5.41, 5.74) is 4.79. The number of methoxy groups -OCH3 is 1. The highest BCUT2D eigenvalue weighted by molar-refractivity contribution is 6.09. The fraction of sp³-hybridized carbons (Fsp3) is 0.533. The highest BCUT2D eigenvalue weighted by Gasteiger charge is 2.55. The van der Waals surface area contributed by atoms with E-state index in [4.69, 9.17) is 14.7 Å². The van der Waals surface area contributed by atoms with Gasteiger partial charge in [0.15, 0.2) is 5.82 Å². The lowest BCUT2D eigenvalue weighted by molar-refractivity contribution is -0.134. The van der Waals surface area contributed by atoms with Gasteiger partial charge in [-0.15, -0.1) is 0 Å². The predicted molar refractivity (Wildman–Crippen MR) is 222 cm³/mol. The van der Waals surface area contributed by atoms with E-state index in [0.717, 1.165) is 55.6 Å². The lowest BCUT2D eigenvalue weighted by Crippen LogP contribution is -2.58. The van der Waals surface area contributed by atoms with Crippen LogP contribution in [-0.2, 0) is 19.7 Å². The molecule has 0 bridgehead atoms. The lowest BCUT2D eigenvalue weighted by Gasteiger charge is -2.48. The molecule has 306 valence electrons. The number of carbonyl (C=O) groups is 3. The van der Waals surface area contributed by atoms with Gasteiger partial charge in [0.2, 0.25) is 11.8 Å². The first-order valence-corrected chi connectivity index (χ1v) is 21.1. The molecule has 1 spiro atoms. The van der Waals surface area contributed by atoms with Crippen LogP contribution in [0.15, 0.2) is 42.7 Å². The van der Waals surface area contributed by atoms with Crippen molar-refractivity contribution >= 4 is 45.9 Å². The van der Waals surface area contributed by atoms with Crippen molar-refractivity contribution in [2.45, 2.75) is 115 Å². The third kappa shape index (κ3) is 6.63. The summed E-state index contributed by atoms with van der Waals surface area (Å²) in [6.07, 6.45) is 10.3. The molecule has 13 heteroatoms. The zero-order chi connectivity index (χ0) is 40.5. The summed E-state index contributed by atoms with van der Waals surface area (Å²) in [6, 6.07) is 11.8. The molecule has 0 radical (unpaired) electrons. The highest BCUT2D eigenvalue weighted by Crippen LogP contribution is 2.52. The number of halogens is 1. The molecule has 3 amide bonds. The van der Waals surface area contributed by atoms with Crippen LogP contribution in [0, 0.1) is 12.7 Å². The quantitative estimate of drug-likeness (QED) is 0.176. The fourth-order valence-corrected chi connectivity index (χ4v) is 10.0. The van der Waals surface area contributed by atoms with Crippen LogP contribution in [0.3, 0.4) is 0 Å². The number of ether oxygens (including phenoxy) is 1. The Morgan fingerprint density at radius 3 is 2.40 bits per heavy atom. The van der Waals surface area contributed by atoms with Gasteiger partial charge in [0.05, 0.1) is 40.8 Å². The first kappa shape index (κ1) is 38.6. The Kier molecular flexibility index (Phi) is 9.82. The molecule has 2 aliphatic carbocycles. The molecule has 9 rings (SSSR count). The predicted octanol–water partition coefficient (Wildman–Crippen LogP) is 7.02. The topological polar surface area (TPSA) is 125 Å². The molecule has 0 atom stereocenters. The molecule has 2 saturated carbocycles. The number of imidazole rings is 1. The van der Waals surface area contributed by atoms with Gasteiger partial charge in [-0.1, -0.05) is 18.6 Å². The Labute approximate surface area is 339 Å². The van der Waals surface area contributed by atoms with Gasteiger partial charge in [-0.3, -0.25) is 14.4 Å². The first-order chi connectivity index (χ1) is 27.9. The van der Waals surface area contributed by atoms with E-state index in [1.54, 1.807) is 33.4 Å². The molecular formula is C45H55FN8O4. The van der Waals surface area contributed by atoms with Crippen molar-refractivity contribution in [2.24, 2.45) is 0 Å². The second kappa shape index (κ2) is 14.7. The number of amides is 3. The molecule has 2 aromatic carbocycles. The van der Waals surface area contributed by atoms with Crippen molar-refractivity contribution in [3.63, 3.8) is 0 Å². The summed E-state index contributed by atoms with van der Waals surface area (Å²) < 4.78 is 23.2. The number of piperidine rings is 2. The second-order valence-corrected chi connectivity index (χ2v) is 17.8. The Morgan fingerprint density at radius 2 is 1.72 bits per heavy atom. The van der Waals surface area contributed by atoms with E-state index in [1.807, 2.05) is 21.6 Å². The summed E-state index contributed by atoms with van der Waals surface area (Å²) >= 11 is 0. The molecule has 0 unspecified atom stereocenters. The zero-order valence-corrected chi connectivity index (χ0v) is 34.4. The van der Waals surface area contributed by atoms with Crippen LogP contribution in [0.2, 0.25) is 0 Å². The summed E-state index contributed by atoms with van der Waals surface area (Å²) in [7, 11) is 1.62. The van der Waals surface area contributed by atoms with Gasteiger partial charge in [-0.25, -0.2) is 14.4 Å². The van der Waals surface area contributed by atoms with E-state index in [2.05, 4.69) is 46.4 Å². The monoisotopic (exact) mass is 790 g/mol. The summed E-state index contributed by atoms with van der Waals surface area (Å²) in [6.45, 7) is 11.2. The average Bonchev–Trinajstić information content (AvgIpc) is 3.72. The van der Waals surface area contributed by atoms with Crippen LogP contribution >= 0.6 is 0 Å².